The number of aromatic nitrogens is 3. The minimum Gasteiger partial charge on any atom is -0.469 e. The van der Waals surface area contributed by atoms with Gasteiger partial charge in [0.2, 0.25) is 0 Å². The molecule has 0 bridgehead atoms. The molecule has 7 heteroatoms. The van der Waals surface area contributed by atoms with Crippen LogP contribution in [0.1, 0.15) is 12.0 Å². The Balaban J connectivity index is 2.04. The maximum atomic E-state index is 12.7. The summed E-state index contributed by atoms with van der Waals surface area (Å²) < 4.78 is 7.15. The summed E-state index contributed by atoms with van der Waals surface area (Å²) in [4.78, 5) is 40.5. The van der Waals surface area contributed by atoms with E-state index in [0.717, 1.165) is 10.1 Å². The molecule has 1 aromatic carbocycles. The van der Waals surface area contributed by atoms with Gasteiger partial charge in [-0.1, -0.05) is 12.1 Å². The predicted molar refractivity (Wildman–Crippen MR) is 92.9 cm³/mol. The number of esters is 1. The van der Waals surface area contributed by atoms with Gasteiger partial charge in [-0.05, 0) is 30.2 Å². The molecule has 0 fully saturated rings. The van der Waals surface area contributed by atoms with E-state index >= 15 is 0 Å². The van der Waals surface area contributed by atoms with E-state index in [1.165, 1.54) is 24.1 Å². The molecule has 2 heterocycles. The number of rotatable bonds is 4. The molecular weight excluding hydrogens is 322 g/mol. The fourth-order valence-electron chi connectivity index (χ4n) is 2.68. The third-order valence-electron chi connectivity index (χ3n) is 4.11. The molecule has 0 aliphatic carbocycles. The molecule has 0 spiro atoms. The van der Waals surface area contributed by atoms with Crippen molar-refractivity contribution in [2.75, 3.05) is 7.11 Å². The predicted octanol–water partition coefficient (Wildman–Crippen LogP) is 1.19. The molecule has 3 aromatic rings. The second kappa shape index (κ2) is 6.72. The summed E-state index contributed by atoms with van der Waals surface area (Å²) in [5.41, 5.74) is 1.06. The van der Waals surface area contributed by atoms with Gasteiger partial charge in [0, 0.05) is 19.7 Å². The lowest BCUT2D eigenvalue weighted by molar-refractivity contribution is -0.140. The number of fused-ring (bicyclic) bond motifs is 1. The van der Waals surface area contributed by atoms with E-state index in [0.29, 0.717) is 23.0 Å². The smallest absolute Gasteiger partial charge is 0.335 e. The molecular formula is C18H17N3O4. The van der Waals surface area contributed by atoms with E-state index in [4.69, 9.17) is 0 Å². The van der Waals surface area contributed by atoms with E-state index in [2.05, 4.69) is 9.72 Å². The van der Waals surface area contributed by atoms with Gasteiger partial charge in [-0.2, -0.15) is 0 Å². The Labute approximate surface area is 143 Å². The standard InChI is InChI=1S/C18H17N3O4/c1-20-15-11-19-10-9-14(15)17(23)21(18(20)24)13-6-3-12(4-7-13)5-8-16(22)25-2/h3-4,6-7,9-11H,5,8H2,1-2H3. The zero-order chi connectivity index (χ0) is 18.0. The number of hydrogen-bond acceptors (Lipinski definition) is 5. The summed E-state index contributed by atoms with van der Waals surface area (Å²) in [5, 5.41) is 0.423. The van der Waals surface area contributed by atoms with Crippen molar-refractivity contribution in [3.05, 3.63) is 69.1 Å². The van der Waals surface area contributed by atoms with Gasteiger partial charge in [-0.15, -0.1) is 0 Å². The van der Waals surface area contributed by atoms with E-state index in [1.54, 1.807) is 37.4 Å². The highest BCUT2D eigenvalue weighted by molar-refractivity contribution is 5.77. The molecule has 0 radical (unpaired) electrons. The molecule has 0 N–H and O–H groups in total. The fourth-order valence-corrected chi connectivity index (χ4v) is 2.68. The van der Waals surface area contributed by atoms with Crippen molar-refractivity contribution in [3.8, 4) is 5.69 Å². The van der Waals surface area contributed by atoms with Crippen molar-refractivity contribution in [2.24, 2.45) is 7.05 Å². The van der Waals surface area contributed by atoms with Crippen LogP contribution in [0, 0.1) is 0 Å². The first kappa shape index (κ1) is 16.6. The van der Waals surface area contributed by atoms with Gasteiger partial charge < -0.3 is 4.74 Å². The Morgan fingerprint density at radius 1 is 1.16 bits per heavy atom. The summed E-state index contributed by atoms with van der Waals surface area (Å²) in [5.74, 6) is -0.280. The number of methoxy groups -OCH3 is 1. The van der Waals surface area contributed by atoms with Crippen molar-refractivity contribution >= 4 is 16.9 Å². The average molecular weight is 339 g/mol. The van der Waals surface area contributed by atoms with Gasteiger partial charge in [-0.3, -0.25) is 19.1 Å². The quantitative estimate of drug-likeness (QED) is 0.667. The molecule has 3 rings (SSSR count). The van der Waals surface area contributed by atoms with Crippen LogP contribution < -0.4 is 11.2 Å². The molecule has 2 aromatic heterocycles. The van der Waals surface area contributed by atoms with Crippen molar-refractivity contribution < 1.29 is 9.53 Å². The number of aryl methyl sites for hydroxylation is 2. The lowest BCUT2D eigenvalue weighted by Gasteiger charge is -2.11. The minimum absolute atomic E-state index is 0.278. The third kappa shape index (κ3) is 3.08. The van der Waals surface area contributed by atoms with Gasteiger partial charge in [0.25, 0.3) is 5.56 Å². The summed E-state index contributed by atoms with van der Waals surface area (Å²) in [7, 11) is 2.95. The number of carbonyl (C=O) groups is 1. The molecule has 25 heavy (non-hydrogen) atoms. The number of hydrogen-bond donors (Lipinski definition) is 0. The van der Waals surface area contributed by atoms with E-state index in [9.17, 15) is 14.4 Å². The Bertz CT molecular complexity index is 1050. The summed E-state index contributed by atoms with van der Waals surface area (Å²) in [6.45, 7) is 0. The largest absolute Gasteiger partial charge is 0.469 e. The van der Waals surface area contributed by atoms with E-state index in [-0.39, 0.29) is 17.9 Å². The van der Waals surface area contributed by atoms with E-state index < -0.39 is 5.69 Å². The van der Waals surface area contributed by atoms with Crippen LogP contribution in [0.5, 0.6) is 0 Å². The number of pyridine rings is 1. The summed E-state index contributed by atoms with van der Waals surface area (Å²) in [6, 6.07) is 8.57. The molecule has 0 saturated heterocycles. The molecule has 0 unspecified atom stereocenters. The van der Waals surface area contributed by atoms with Crippen LogP contribution in [-0.4, -0.2) is 27.2 Å². The molecule has 0 aliphatic rings. The zero-order valence-electron chi connectivity index (χ0n) is 13.9. The normalized spacial score (nSPS) is 10.8. The van der Waals surface area contributed by atoms with Crippen LogP contribution in [0.4, 0.5) is 0 Å². The highest BCUT2D eigenvalue weighted by Crippen LogP contribution is 2.11. The van der Waals surface area contributed by atoms with Crippen molar-refractivity contribution in [1.29, 1.82) is 0 Å². The zero-order valence-corrected chi connectivity index (χ0v) is 13.9. The topological polar surface area (TPSA) is 83.2 Å². The molecule has 0 atom stereocenters. The summed E-state index contributed by atoms with van der Waals surface area (Å²) in [6.07, 6.45) is 3.83. The maximum absolute atomic E-state index is 12.7. The average Bonchev–Trinajstić information content (AvgIpc) is 2.65. The van der Waals surface area contributed by atoms with Crippen LogP contribution in [0.2, 0.25) is 0 Å². The number of nitrogens with zero attached hydrogens (tertiary/aromatic N) is 3. The van der Waals surface area contributed by atoms with Gasteiger partial charge in [-0.25, -0.2) is 9.36 Å². The van der Waals surface area contributed by atoms with Crippen LogP contribution in [-0.2, 0) is 23.0 Å². The van der Waals surface area contributed by atoms with E-state index in [1.807, 2.05) is 0 Å². The molecule has 128 valence electrons. The number of benzene rings is 1. The molecule has 0 amide bonds. The van der Waals surface area contributed by atoms with Crippen LogP contribution in [0.15, 0.2) is 52.3 Å². The van der Waals surface area contributed by atoms with Crippen LogP contribution in [0.3, 0.4) is 0 Å². The maximum Gasteiger partial charge on any atom is 0.335 e. The summed E-state index contributed by atoms with van der Waals surface area (Å²) >= 11 is 0. The SMILES string of the molecule is COC(=O)CCc1ccc(-n2c(=O)c3ccncc3n(C)c2=O)cc1. The minimum atomic E-state index is -0.437. The first-order valence-corrected chi connectivity index (χ1v) is 7.75. The highest BCUT2D eigenvalue weighted by Gasteiger charge is 2.12. The Morgan fingerprint density at radius 3 is 2.56 bits per heavy atom. The first-order valence-electron chi connectivity index (χ1n) is 7.75. The number of ether oxygens (including phenoxy) is 1. The Hall–Kier alpha value is -3.22. The second-order valence-electron chi connectivity index (χ2n) is 5.62. The number of carbonyl (C=O) groups excluding carboxylic acids is 1. The Morgan fingerprint density at radius 2 is 1.88 bits per heavy atom. The van der Waals surface area contributed by atoms with Crippen LogP contribution >= 0.6 is 0 Å². The first-order chi connectivity index (χ1) is 12.0. The van der Waals surface area contributed by atoms with Gasteiger partial charge in [0.05, 0.1) is 29.9 Å². The van der Waals surface area contributed by atoms with Crippen molar-refractivity contribution in [1.82, 2.24) is 14.1 Å². The van der Waals surface area contributed by atoms with Crippen molar-refractivity contribution in [3.63, 3.8) is 0 Å². The molecule has 7 nitrogen and oxygen atoms in total. The lowest BCUT2D eigenvalue weighted by atomic mass is 10.1. The molecule has 0 aliphatic heterocycles. The lowest BCUT2D eigenvalue weighted by Crippen LogP contribution is -2.37. The van der Waals surface area contributed by atoms with Gasteiger partial charge in [0.15, 0.2) is 0 Å². The molecule has 0 saturated carbocycles. The van der Waals surface area contributed by atoms with Gasteiger partial charge >= 0.3 is 11.7 Å². The second-order valence-corrected chi connectivity index (χ2v) is 5.62. The highest BCUT2D eigenvalue weighted by atomic mass is 16.5. The van der Waals surface area contributed by atoms with Gasteiger partial charge in [0.1, 0.15) is 0 Å². The van der Waals surface area contributed by atoms with Crippen LogP contribution in [0.25, 0.3) is 16.6 Å². The fraction of sp³-hybridized carbons (Fsp3) is 0.222. The van der Waals surface area contributed by atoms with Crippen molar-refractivity contribution in [2.45, 2.75) is 12.8 Å². The monoisotopic (exact) mass is 339 g/mol. The third-order valence-corrected chi connectivity index (χ3v) is 4.11. The Kier molecular flexibility index (Phi) is 4.47.